The van der Waals surface area contributed by atoms with Crippen molar-refractivity contribution in [2.45, 2.75) is 20.4 Å². The second kappa shape index (κ2) is 4.72. The van der Waals surface area contributed by atoms with Crippen LogP contribution in [0.25, 0.3) is 0 Å². The highest BCUT2D eigenvalue weighted by Crippen LogP contribution is 2.10. The van der Waals surface area contributed by atoms with Crippen molar-refractivity contribution < 1.29 is 0 Å². The number of hydrogen-bond donors (Lipinski definition) is 0. The molecule has 0 spiro atoms. The van der Waals surface area contributed by atoms with E-state index in [2.05, 4.69) is 31.0 Å². The highest BCUT2D eigenvalue weighted by molar-refractivity contribution is 6.29. The summed E-state index contributed by atoms with van der Waals surface area (Å²) in [5.74, 6) is 0. The topological polar surface area (TPSA) is 34.9 Å². The molecule has 0 aliphatic carbocycles. The molecule has 0 amide bonds. The van der Waals surface area contributed by atoms with E-state index in [-0.39, 0.29) is 10.7 Å². The Bertz CT molecular complexity index is 605. The Labute approximate surface area is 105 Å². The van der Waals surface area contributed by atoms with Crippen LogP contribution in [0.15, 0.2) is 35.4 Å². The van der Waals surface area contributed by atoms with Crippen LogP contribution in [-0.4, -0.2) is 9.55 Å². The summed E-state index contributed by atoms with van der Waals surface area (Å²) in [6.45, 7) is 4.64. The Morgan fingerprint density at radius 3 is 2.65 bits per heavy atom. The van der Waals surface area contributed by atoms with Crippen LogP contribution in [0.3, 0.4) is 0 Å². The van der Waals surface area contributed by atoms with Crippen molar-refractivity contribution in [2.75, 3.05) is 0 Å². The minimum absolute atomic E-state index is 0.136. The molecule has 88 valence electrons. The van der Waals surface area contributed by atoms with Crippen LogP contribution in [0.1, 0.15) is 16.7 Å². The average Bonchev–Trinajstić information content (AvgIpc) is 2.27. The summed E-state index contributed by atoms with van der Waals surface area (Å²) in [6, 6.07) is 7.47. The van der Waals surface area contributed by atoms with Gasteiger partial charge in [-0.05, 0) is 30.5 Å². The van der Waals surface area contributed by atoms with Crippen molar-refractivity contribution in [3.05, 3.63) is 62.8 Å². The summed E-state index contributed by atoms with van der Waals surface area (Å²) in [4.78, 5) is 15.5. The van der Waals surface area contributed by atoms with Crippen molar-refractivity contribution in [1.82, 2.24) is 9.55 Å². The third kappa shape index (κ3) is 2.74. The normalized spacial score (nSPS) is 10.5. The number of aromatic nitrogens is 2. The van der Waals surface area contributed by atoms with Crippen LogP contribution < -0.4 is 5.56 Å². The lowest BCUT2D eigenvalue weighted by Gasteiger charge is -2.07. The maximum absolute atomic E-state index is 11.6. The summed E-state index contributed by atoms with van der Waals surface area (Å²) in [6.07, 6.45) is 1.47. The Morgan fingerprint density at radius 1 is 1.24 bits per heavy atom. The van der Waals surface area contributed by atoms with Gasteiger partial charge in [0, 0.05) is 6.07 Å². The largest absolute Gasteiger partial charge is 0.295 e. The Kier molecular flexibility index (Phi) is 3.29. The maximum Gasteiger partial charge on any atom is 0.255 e. The van der Waals surface area contributed by atoms with E-state index in [0.29, 0.717) is 6.54 Å². The summed E-state index contributed by atoms with van der Waals surface area (Å²) < 4.78 is 1.54. The molecule has 0 aliphatic heterocycles. The summed E-state index contributed by atoms with van der Waals surface area (Å²) in [5.41, 5.74) is 3.41. The lowest BCUT2D eigenvalue weighted by molar-refractivity contribution is 0.735. The van der Waals surface area contributed by atoms with Gasteiger partial charge in [0.15, 0.2) is 0 Å². The second-order valence-electron chi connectivity index (χ2n) is 4.10. The molecule has 0 atom stereocenters. The molecule has 2 aromatic rings. The smallest absolute Gasteiger partial charge is 0.255 e. The zero-order valence-electron chi connectivity index (χ0n) is 9.77. The number of halogens is 1. The van der Waals surface area contributed by atoms with Gasteiger partial charge in [-0.25, -0.2) is 4.98 Å². The highest BCUT2D eigenvalue weighted by atomic mass is 35.5. The van der Waals surface area contributed by atoms with E-state index >= 15 is 0 Å². The Balaban J connectivity index is 2.31. The molecule has 0 unspecified atom stereocenters. The molecule has 0 aliphatic rings. The summed E-state index contributed by atoms with van der Waals surface area (Å²) in [5, 5.41) is 0.228. The van der Waals surface area contributed by atoms with Gasteiger partial charge in [0.2, 0.25) is 0 Å². The van der Waals surface area contributed by atoms with Gasteiger partial charge >= 0.3 is 0 Å². The fourth-order valence-corrected chi connectivity index (χ4v) is 1.76. The third-order valence-corrected chi connectivity index (χ3v) is 2.98. The van der Waals surface area contributed by atoms with Gasteiger partial charge < -0.3 is 0 Å². The fourth-order valence-electron chi connectivity index (χ4n) is 1.62. The lowest BCUT2D eigenvalue weighted by Crippen LogP contribution is -2.19. The van der Waals surface area contributed by atoms with E-state index in [4.69, 9.17) is 11.6 Å². The minimum Gasteiger partial charge on any atom is -0.295 e. The monoisotopic (exact) mass is 248 g/mol. The molecule has 0 N–H and O–H groups in total. The fraction of sp³-hybridized carbons (Fsp3) is 0.231. The molecule has 4 heteroatoms. The van der Waals surface area contributed by atoms with Crippen LogP contribution in [0.4, 0.5) is 0 Å². The van der Waals surface area contributed by atoms with Crippen LogP contribution in [0.2, 0.25) is 5.15 Å². The van der Waals surface area contributed by atoms with Crippen LogP contribution >= 0.6 is 11.6 Å². The van der Waals surface area contributed by atoms with E-state index in [1.807, 2.05) is 6.07 Å². The molecule has 2 rings (SSSR count). The van der Waals surface area contributed by atoms with Crippen LogP contribution in [0.5, 0.6) is 0 Å². The molecule has 0 saturated heterocycles. The van der Waals surface area contributed by atoms with Crippen molar-refractivity contribution in [2.24, 2.45) is 0 Å². The second-order valence-corrected chi connectivity index (χ2v) is 4.48. The molecular formula is C13H13ClN2O. The van der Waals surface area contributed by atoms with E-state index in [9.17, 15) is 4.79 Å². The molecule has 0 saturated carbocycles. The molecule has 1 heterocycles. The van der Waals surface area contributed by atoms with Crippen LogP contribution in [0, 0.1) is 13.8 Å². The zero-order valence-corrected chi connectivity index (χ0v) is 10.5. The number of rotatable bonds is 2. The predicted molar refractivity (Wildman–Crippen MR) is 68.5 cm³/mol. The first kappa shape index (κ1) is 11.9. The number of aryl methyl sites for hydroxylation is 2. The van der Waals surface area contributed by atoms with E-state index < -0.39 is 0 Å². The van der Waals surface area contributed by atoms with Crippen molar-refractivity contribution in [3.8, 4) is 0 Å². The summed E-state index contributed by atoms with van der Waals surface area (Å²) >= 11 is 5.64. The van der Waals surface area contributed by atoms with E-state index in [1.165, 1.54) is 28.1 Å². The first-order chi connectivity index (χ1) is 8.06. The van der Waals surface area contributed by atoms with Crippen molar-refractivity contribution in [3.63, 3.8) is 0 Å². The standard InChI is InChI=1S/C13H13ClN2O/c1-9-3-4-11(5-10(9)2)7-16-8-15-12(14)6-13(16)17/h3-6,8H,7H2,1-2H3. The molecule has 1 aromatic heterocycles. The predicted octanol–water partition coefficient (Wildman–Crippen LogP) is 2.56. The van der Waals surface area contributed by atoms with E-state index in [1.54, 1.807) is 0 Å². The van der Waals surface area contributed by atoms with Gasteiger partial charge in [-0.1, -0.05) is 29.8 Å². The molecule has 17 heavy (non-hydrogen) atoms. The van der Waals surface area contributed by atoms with Gasteiger partial charge in [-0.15, -0.1) is 0 Å². The number of benzene rings is 1. The molecule has 0 bridgehead atoms. The molecule has 0 fully saturated rings. The van der Waals surface area contributed by atoms with Gasteiger partial charge in [0.25, 0.3) is 5.56 Å². The van der Waals surface area contributed by atoms with Gasteiger partial charge in [0.1, 0.15) is 5.15 Å². The average molecular weight is 249 g/mol. The third-order valence-electron chi connectivity index (χ3n) is 2.77. The Hall–Kier alpha value is -1.61. The van der Waals surface area contributed by atoms with Gasteiger partial charge in [-0.3, -0.25) is 9.36 Å². The SMILES string of the molecule is Cc1ccc(Cn2cnc(Cl)cc2=O)cc1C. The van der Waals surface area contributed by atoms with Crippen molar-refractivity contribution in [1.29, 1.82) is 0 Å². The van der Waals surface area contributed by atoms with Crippen LogP contribution in [-0.2, 0) is 6.54 Å². The molecule has 0 radical (unpaired) electrons. The van der Waals surface area contributed by atoms with Gasteiger partial charge in [-0.2, -0.15) is 0 Å². The highest BCUT2D eigenvalue weighted by Gasteiger charge is 2.01. The first-order valence-corrected chi connectivity index (χ1v) is 5.72. The quantitative estimate of drug-likeness (QED) is 0.766. The lowest BCUT2D eigenvalue weighted by atomic mass is 10.1. The Morgan fingerprint density at radius 2 is 2.00 bits per heavy atom. The minimum atomic E-state index is -0.136. The number of hydrogen-bond acceptors (Lipinski definition) is 2. The van der Waals surface area contributed by atoms with Crippen molar-refractivity contribution >= 4 is 11.6 Å². The number of nitrogens with zero attached hydrogens (tertiary/aromatic N) is 2. The molecule has 1 aromatic carbocycles. The zero-order chi connectivity index (χ0) is 12.4. The molecule has 3 nitrogen and oxygen atoms in total. The first-order valence-electron chi connectivity index (χ1n) is 5.34. The van der Waals surface area contributed by atoms with E-state index in [0.717, 1.165) is 5.56 Å². The molecular weight excluding hydrogens is 236 g/mol. The summed E-state index contributed by atoms with van der Waals surface area (Å²) in [7, 11) is 0. The van der Waals surface area contributed by atoms with Gasteiger partial charge in [0.05, 0.1) is 12.9 Å². The maximum atomic E-state index is 11.6.